The van der Waals surface area contributed by atoms with Gasteiger partial charge in [-0.25, -0.2) is 8.42 Å². The van der Waals surface area contributed by atoms with E-state index in [9.17, 15) is 8.42 Å². The molecule has 2 aliphatic rings. The van der Waals surface area contributed by atoms with E-state index in [1.807, 2.05) is 24.3 Å². The average Bonchev–Trinajstić information content (AvgIpc) is 4.19. The lowest BCUT2D eigenvalue weighted by atomic mass is 9.73. The van der Waals surface area contributed by atoms with Crippen molar-refractivity contribution in [2.45, 2.75) is 48.3 Å². The van der Waals surface area contributed by atoms with Gasteiger partial charge in [0.15, 0.2) is 0 Å². The lowest BCUT2D eigenvalue weighted by Crippen LogP contribution is -2.30. The van der Waals surface area contributed by atoms with Crippen LogP contribution in [0.25, 0.3) is 55.0 Å². The Labute approximate surface area is 461 Å². The van der Waals surface area contributed by atoms with E-state index in [1.165, 1.54) is 77.2 Å². The fraction of sp³-hybridized carbons (Fsp3) is 0.0833. The molecule has 0 amide bonds. The molecule has 15 rings (SSSR count). The monoisotopic (exact) mass is 1040 g/mol. The molecule has 0 aliphatic carbocycles. The van der Waals surface area contributed by atoms with Gasteiger partial charge in [0.1, 0.15) is 0 Å². The van der Waals surface area contributed by atoms with E-state index in [0.29, 0.717) is 0 Å². The smallest absolute Gasteiger partial charge is 0.206 e. The number of hydrogen-bond donors (Lipinski definition) is 0. The van der Waals surface area contributed by atoms with Gasteiger partial charge in [0.2, 0.25) is 9.84 Å². The van der Waals surface area contributed by atoms with Gasteiger partial charge < -0.3 is 18.9 Å². The summed E-state index contributed by atoms with van der Waals surface area (Å²) in [4.78, 5) is 5.00. The number of benzene rings is 11. The summed E-state index contributed by atoms with van der Waals surface area (Å²) in [5.41, 5.74) is 18.1. The van der Waals surface area contributed by atoms with Crippen LogP contribution < -0.4 is 9.80 Å². The number of fused-ring (bicyclic) bond motifs is 10. The zero-order valence-electron chi connectivity index (χ0n) is 44.4. The average molecular weight is 1040 g/mol. The molecule has 0 spiro atoms. The minimum Gasteiger partial charge on any atom is -0.310 e. The Morgan fingerprint density at radius 2 is 0.544 bits per heavy atom. The number of para-hydroxylation sites is 8. The summed E-state index contributed by atoms with van der Waals surface area (Å²) in [6.45, 7) is 9.03. The first-order valence-electron chi connectivity index (χ1n) is 27.0. The van der Waals surface area contributed by atoms with Crippen molar-refractivity contribution in [1.82, 2.24) is 9.13 Å². The van der Waals surface area contributed by atoms with Crippen LogP contribution in [0.2, 0.25) is 0 Å². The molecule has 2 aromatic heterocycles. The quantitative estimate of drug-likeness (QED) is 0.167. The van der Waals surface area contributed by atoms with Crippen LogP contribution in [0.5, 0.6) is 0 Å². The Bertz CT molecular complexity index is 4150. The molecule has 0 radical (unpaired) electrons. The van der Waals surface area contributed by atoms with Crippen LogP contribution in [-0.4, -0.2) is 17.6 Å². The van der Waals surface area contributed by atoms with Crippen LogP contribution in [-0.2, 0) is 20.7 Å². The Hall–Kier alpha value is -9.43. The third kappa shape index (κ3) is 7.55. The zero-order valence-corrected chi connectivity index (χ0v) is 45.2. The van der Waals surface area contributed by atoms with E-state index < -0.39 is 9.84 Å². The molecule has 13 aromatic rings. The Balaban J connectivity index is 0.000000153. The maximum absolute atomic E-state index is 13.9. The summed E-state index contributed by atoms with van der Waals surface area (Å²) in [5, 5.41) is 5.13. The van der Waals surface area contributed by atoms with Crippen molar-refractivity contribution < 1.29 is 8.42 Å². The first kappa shape index (κ1) is 48.0. The second-order valence-corrected chi connectivity index (χ2v) is 23.7. The van der Waals surface area contributed by atoms with Gasteiger partial charge in [0.05, 0.1) is 54.6 Å². The zero-order chi connectivity index (χ0) is 53.6. The Morgan fingerprint density at radius 3 is 0.848 bits per heavy atom. The van der Waals surface area contributed by atoms with Gasteiger partial charge >= 0.3 is 0 Å². The van der Waals surface area contributed by atoms with E-state index in [4.69, 9.17) is 0 Å². The molecule has 382 valence electrons. The largest absolute Gasteiger partial charge is 0.310 e. The normalized spacial score (nSPS) is 14.1. The molecule has 7 heteroatoms. The first-order chi connectivity index (χ1) is 38.5. The van der Waals surface area contributed by atoms with Crippen LogP contribution in [0, 0.1) is 0 Å². The third-order valence-electron chi connectivity index (χ3n) is 16.6. The maximum atomic E-state index is 13.9. The number of sulfone groups is 1. The lowest BCUT2D eigenvalue weighted by Gasteiger charge is -2.42. The number of hydrogen-bond acceptors (Lipinski definition) is 4. The van der Waals surface area contributed by atoms with Gasteiger partial charge in [-0.3, -0.25) is 0 Å². The van der Waals surface area contributed by atoms with Crippen LogP contribution in [0.15, 0.2) is 277 Å². The first-order valence-corrected chi connectivity index (χ1v) is 28.5. The molecule has 0 fully saturated rings. The summed E-state index contributed by atoms with van der Waals surface area (Å²) >= 11 is 0. The predicted octanol–water partition coefficient (Wildman–Crippen LogP) is 18.6. The summed E-state index contributed by atoms with van der Waals surface area (Å²) in [6, 6.07) is 91.9. The van der Waals surface area contributed by atoms with Gasteiger partial charge in [0.25, 0.3) is 0 Å². The van der Waals surface area contributed by atoms with Crippen molar-refractivity contribution in [1.29, 1.82) is 0 Å². The summed E-state index contributed by atoms with van der Waals surface area (Å²) in [5.74, 6) is 0. The number of rotatable bonds is 6. The molecule has 2 aliphatic heterocycles. The van der Waals surface area contributed by atoms with Crippen molar-refractivity contribution >= 4 is 87.6 Å². The predicted molar refractivity (Wildman–Crippen MR) is 327 cm³/mol. The summed E-state index contributed by atoms with van der Waals surface area (Å²) in [6.07, 6.45) is 0. The van der Waals surface area contributed by atoms with Crippen LogP contribution >= 0.6 is 0 Å². The van der Waals surface area contributed by atoms with Crippen LogP contribution in [0.4, 0.5) is 34.1 Å². The van der Waals surface area contributed by atoms with Gasteiger partial charge in [-0.15, -0.1) is 0 Å². The molecule has 0 saturated carbocycles. The van der Waals surface area contributed by atoms with Crippen LogP contribution in [0.3, 0.4) is 0 Å². The van der Waals surface area contributed by atoms with E-state index in [-0.39, 0.29) is 20.6 Å². The molecule has 0 N–H and O–H groups in total. The van der Waals surface area contributed by atoms with Gasteiger partial charge in [0, 0.05) is 55.1 Å². The standard InChI is InChI=1S/C42H36N2O2S.C30H20N2/c1-41(2)33-13-5-9-17-37(33)43(38-18-10-6-14-34(38)41)29-21-25-31(26-22-29)47(45,46)32-27-23-30(24-28-32)44-39-19-11-7-15-35(39)42(3,4)36-16-8-12-20-40(36)44;1-5-16-27-23(12-1)24-13-2-6-17-28(24)31(27)21-10-9-11-22(20-21)32-29-18-7-3-14-25(29)26-15-4-8-19-30(26)32/h5-28H,1-4H3;1-20H. The summed E-state index contributed by atoms with van der Waals surface area (Å²) in [7, 11) is -3.75. The molecule has 0 atom stereocenters. The van der Waals surface area contributed by atoms with Gasteiger partial charge in [-0.05, 0) is 138 Å². The number of nitrogens with zero attached hydrogens (tertiary/aromatic N) is 4. The highest BCUT2D eigenvalue weighted by Gasteiger charge is 2.38. The van der Waals surface area contributed by atoms with E-state index in [0.717, 1.165) is 34.1 Å². The highest BCUT2D eigenvalue weighted by atomic mass is 32.2. The molecule has 79 heavy (non-hydrogen) atoms. The molecule has 6 nitrogen and oxygen atoms in total. The molecular formula is C72H56N4O2S. The van der Waals surface area contributed by atoms with Gasteiger partial charge in [-0.2, -0.15) is 0 Å². The fourth-order valence-electron chi connectivity index (χ4n) is 12.8. The molecular weight excluding hydrogens is 985 g/mol. The fourth-order valence-corrected chi connectivity index (χ4v) is 14.0. The van der Waals surface area contributed by atoms with Crippen molar-refractivity contribution in [2.75, 3.05) is 9.80 Å². The third-order valence-corrected chi connectivity index (χ3v) is 18.4. The van der Waals surface area contributed by atoms with Crippen molar-refractivity contribution in [3.05, 3.63) is 289 Å². The van der Waals surface area contributed by atoms with Crippen molar-refractivity contribution in [2.24, 2.45) is 0 Å². The molecule has 0 unspecified atom stereocenters. The highest BCUT2D eigenvalue weighted by Crippen LogP contribution is 2.53. The van der Waals surface area contributed by atoms with Gasteiger partial charge in [-0.1, -0.05) is 179 Å². The Kier molecular flexibility index (Phi) is 11.2. The maximum Gasteiger partial charge on any atom is 0.206 e. The molecule has 0 saturated heterocycles. The molecule has 0 bridgehead atoms. The topological polar surface area (TPSA) is 50.5 Å². The SMILES string of the molecule is CC1(C)c2ccccc2N(c2ccc(S(=O)(=O)c3ccc(N4c5ccccc5C(C)(C)c5ccccc54)cc3)cc2)c2ccccc21.c1cc(-n2c3ccccc3c3ccccc32)cc(-n2c3ccccc3c3ccccc32)c1. The lowest BCUT2D eigenvalue weighted by molar-refractivity contribution is 0.596. The van der Waals surface area contributed by atoms with Crippen LogP contribution in [0.1, 0.15) is 49.9 Å². The minimum absolute atomic E-state index is 0.159. The second-order valence-electron chi connectivity index (χ2n) is 21.7. The highest BCUT2D eigenvalue weighted by molar-refractivity contribution is 7.91. The second kappa shape index (κ2) is 18.4. The number of anilines is 6. The van der Waals surface area contributed by atoms with E-state index >= 15 is 0 Å². The van der Waals surface area contributed by atoms with Crippen molar-refractivity contribution in [3.63, 3.8) is 0 Å². The molecule has 11 aromatic carbocycles. The Morgan fingerprint density at radius 1 is 0.278 bits per heavy atom. The van der Waals surface area contributed by atoms with Crippen molar-refractivity contribution in [3.8, 4) is 11.4 Å². The number of aromatic nitrogens is 2. The minimum atomic E-state index is -3.75. The molecule has 4 heterocycles. The summed E-state index contributed by atoms with van der Waals surface area (Å²) < 4.78 is 32.6. The van der Waals surface area contributed by atoms with E-state index in [1.54, 1.807) is 24.3 Å². The van der Waals surface area contributed by atoms with E-state index in [2.05, 4.69) is 265 Å².